The van der Waals surface area contributed by atoms with Crippen LogP contribution in [0.1, 0.15) is 24.0 Å². The molecule has 0 spiro atoms. The molecule has 2 aliphatic rings. The molecule has 0 unspecified atom stereocenters. The van der Waals surface area contributed by atoms with Crippen LogP contribution < -0.4 is 9.47 Å². The highest BCUT2D eigenvalue weighted by Gasteiger charge is 2.50. The number of aromatic nitrogens is 2. The largest absolute Gasteiger partial charge is 0.497 e. The molecule has 0 bridgehead atoms. The topological polar surface area (TPSA) is 67.7 Å². The van der Waals surface area contributed by atoms with E-state index in [4.69, 9.17) is 9.47 Å². The van der Waals surface area contributed by atoms with Gasteiger partial charge in [-0.3, -0.25) is 4.90 Å². The lowest BCUT2D eigenvalue weighted by Gasteiger charge is -2.38. The molecule has 0 saturated carbocycles. The van der Waals surface area contributed by atoms with Gasteiger partial charge >= 0.3 is 0 Å². The minimum atomic E-state index is -0.263. The zero-order chi connectivity index (χ0) is 18.9. The number of thioether (sulfide) groups is 1. The number of nitrogens with zero attached hydrogens (tertiary/aromatic N) is 3. The molecule has 0 aliphatic carbocycles. The fourth-order valence-corrected chi connectivity index (χ4v) is 4.65. The number of hydrogen-bond acceptors (Lipinski definition) is 7. The van der Waals surface area contributed by atoms with Crippen molar-refractivity contribution >= 4 is 11.8 Å². The summed E-state index contributed by atoms with van der Waals surface area (Å²) in [7, 11) is 1.66. The molecular formula is C20H25N3O3S. The second-order valence-electron chi connectivity index (χ2n) is 7.24. The van der Waals surface area contributed by atoms with Crippen LogP contribution in [0.15, 0.2) is 35.7 Å². The van der Waals surface area contributed by atoms with E-state index in [9.17, 15) is 5.11 Å². The first-order valence-electron chi connectivity index (χ1n) is 9.25. The number of aliphatic hydroxyl groups excluding tert-OH is 1. The summed E-state index contributed by atoms with van der Waals surface area (Å²) in [4.78, 5) is 11.2. The van der Waals surface area contributed by atoms with Crippen molar-refractivity contribution in [3.8, 4) is 11.5 Å². The minimum absolute atomic E-state index is 0.113. The van der Waals surface area contributed by atoms with Crippen molar-refractivity contribution in [3.05, 3.63) is 41.7 Å². The number of benzene rings is 1. The van der Waals surface area contributed by atoms with Gasteiger partial charge < -0.3 is 14.6 Å². The van der Waals surface area contributed by atoms with Gasteiger partial charge in [0.1, 0.15) is 11.5 Å². The predicted molar refractivity (Wildman–Crippen MR) is 104 cm³/mol. The van der Waals surface area contributed by atoms with Crippen LogP contribution in [0.2, 0.25) is 0 Å². The van der Waals surface area contributed by atoms with Gasteiger partial charge in [-0.2, -0.15) is 0 Å². The Labute approximate surface area is 163 Å². The van der Waals surface area contributed by atoms with Crippen LogP contribution in [0.5, 0.6) is 11.5 Å². The molecule has 2 aromatic rings. The van der Waals surface area contributed by atoms with Crippen LogP contribution in [-0.2, 0) is 6.54 Å². The van der Waals surface area contributed by atoms with Crippen LogP contribution in [0.4, 0.5) is 0 Å². The minimum Gasteiger partial charge on any atom is -0.497 e. The van der Waals surface area contributed by atoms with Gasteiger partial charge in [0.25, 0.3) is 0 Å². The van der Waals surface area contributed by atoms with E-state index in [0.717, 1.165) is 53.2 Å². The lowest BCUT2D eigenvalue weighted by atomic mass is 9.74. The predicted octanol–water partition coefficient (Wildman–Crippen LogP) is 2.57. The van der Waals surface area contributed by atoms with E-state index in [-0.39, 0.29) is 17.9 Å². The molecular weight excluding hydrogens is 362 g/mol. The van der Waals surface area contributed by atoms with Crippen molar-refractivity contribution in [2.24, 2.45) is 5.41 Å². The van der Waals surface area contributed by atoms with E-state index >= 15 is 0 Å². The first-order chi connectivity index (χ1) is 13.2. The molecule has 0 amide bonds. The first kappa shape index (κ1) is 18.5. The SMILES string of the molecule is CCSc1ncc(CN2C[C@H]3c4ccc(OC)cc4OC[C@@]3(CO)C2)cn1. The molecule has 0 radical (unpaired) electrons. The maximum atomic E-state index is 10.2. The third-order valence-electron chi connectivity index (χ3n) is 5.51. The second-order valence-corrected chi connectivity index (χ2v) is 8.47. The summed E-state index contributed by atoms with van der Waals surface area (Å²) < 4.78 is 11.3. The maximum absolute atomic E-state index is 10.2. The van der Waals surface area contributed by atoms with Gasteiger partial charge in [0, 0.05) is 55.0 Å². The summed E-state index contributed by atoms with van der Waals surface area (Å²) in [6.07, 6.45) is 3.82. The van der Waals surface area contributed by atoms with Crippen molar-refractivity contribution in [2.45, 2.75) is 24.5 Å². The standard InChI is InChI=1S/C20H25N3O3S/c1-3-27-19-21-7-14(8-22-19)9-23-10-17-16-5-4-15(25-2)6-18(16)26-13-20(17,11-23)12-24/h4-8,17,24H,3,9-13H2,1-2H3/t17-,20-/m0/s1. The van der Waals surface area contributed by atoms with E-state index in [2.05, 4.69) is 27.9 Å². The third kappa shape index (κ3) is 3.51. The average Bonchev–Trinajstić information content (AvgIpc) is 3.08. The normalized spacial score (nSPS) is 24.2. The first-order valence-corrected chi connectivity index (χ1v) is 10.2. The maximum Gasteiger partial charge on any atom is 0.187 e. The summed E-state index contributed by atoms with van der Waals surface area (Å²) in [6.45, 7) is 5.19. The zero-order valence-corrected chi connectivity index (χ0v) is 16.5. The number of methoxy groups -OCH3 is 1. The van der Waals surface area contributed by atoms with E-state index in [1.54, 1.807) is 18.9 Å². The van der Waals surface area contributed by atoms with Gasteiger partial charge in [-0.25, -0.2) is 9.97 Å². The Morgan fingerprint density at radius 2 is 2.19 bits per heavy atom. The Bertz CT molecular complexity index is 802. The van der Waals surface area contributed by atoms with Gasteiger partial charge in [-0.1, -0.05) is 24.8 Å². The van der Waals surface area contributed by atoms with Crippen LogP contribution in [0.25, 0.3) is 0 Å². The highest BCUT2D eigenvalue weighted by Crippen LogP contribution is 2.50. The van der Waals surface area contributed by atoms with Gasteiger partial charge in [-0.05, 0) is 17.4 Å². The van der Waals surface area contributed by atoms with E-state index in [1.807, 2.05) is 24.5 Å². The van der Waals surface area contributed by atoms with E-state index in [1.165, 1.54) is 0 Å². The molecule has 1 N–H and O–H groups in total. The zero-order valence-electron chi connectivity index (χ0n) is 15.7. The second kappa shape index (κ2) is 7.66. The number of rotatable bonds is 6. The Morgan fingerprint density at radius 3 is 2.89 bits per heavy atom. The molecule has 1 fully saturated rings. The third-order valence-corrected chi connectivity index (χ3v) is 6.26. The summed E-state index contributed by atoms with van der Waals surface area (Å²) in [5.74, 6) is 2.88. The number of likely N-dealkylation sites (tertiary alicyclic amines) is 1. The van der Waals surface area contributed by atoms with Gasteiger partial charge in [0.15, 0.2) is 5.16 Å². The van der Waals surface area contributed by atoms with Gasteiger partial charge in [-0.15, -0.1) is 0 Å². The van der Waals surface area contributed by atoms with Crippen LogP contribution in [0, 0.1) is 5.41 Å². The molecule has 3 heterocycles. The Kier molecular flexibility index (Phi) is 5.25. The lowest BCUT2D eigenvalue weighted by Crippen LogP contribution is -2.42. The Hall–Kier alpha value is -1.83. The summed E-state index contributed by atoms with van der Waals surface area (Å²) in [5.41, 5.74) is 1.99. The van der Waals surface area contributed by atoms with Crippen molar-refractivity contribution < 1.29 is 14.6 Å². The van der Waals surface area contributed by atoms with Crippen molar-refractivity contribution in [2.75, 3.05) is 39.2 Å². The molecule has 27 heavy (non-hydrogen) atoms. The molecule has 6 nitrogen and oxygen atoms in total. The van der Waals surface area contributed by atoms with Crippen LogP contribution >= 0.6 is 11.8 Å². The number of hydrogen-bond donors (Lipinski definition) is 1. The van der Waals surface area contributed by atoms with Crippen LogP contribution in [-0.4, -0.2) is 59.1 Å². The van der Waals surface area contributed by atoms with E-state index < -0.39 is 0 Å². The summed E-state index contributed by atoms with van der Waals surface area (Å²) in [5, 5.41) is 11.0. The Balaban J connectivity index is 1.53. The lowest BCUT2D eigenvalue weighted by molar-refractivity contribution is 0.0456. The Morgan fingerprint density at radius 1 is 1.37 bits per heavy atom. The molecule has 1 aromatic heterocycles. The van der Waals surface area contributed by atoms with E-state index in [0.29, 0.717) is 6.61 Å². The molecule has 2 atom stereocenters. The highest BCUT2D eigenvalue weighted by atomic mass is 32.2. The van der Waals surface area contributed by atoms with Crippen LogP contribution in [0.3, 0.4) is 0 Å². The quantitative estimate of drug-likeness (QED) is 0.603. The number of fused-ring (bicyclic) bond motifs is 3. The van der Waals surface area contributed by atoms with Gasteiger partial charge in [0.2, 0.25) is 0 Å². The fourth-order valence-electron chi connectivity index (χ4n) is 4.14. The average molecular weight is 388 g/mol. The summed E-state index contributed by atoms with van der Waals surface area (Å²) in [6, 6.07) is 5.99. The fraction of sp³-hybridized carbons (Fsp3) is 0.500. The van der Waals surface area contributed by atoms with Crippen molar-refractivity contribution in [1.82, 2.24) is 14.9 Å². The van der Waals surface area contributed by atoms with Gasteiger partial charge in [0.05, 0.1) is 20.3 Å². The molecule has 1 saturated heterocycles. The number of aliphatic hydroxyl groups is 1. The number of ether oxygens (including phenoxy) is 2. The molecule has 2 aliphatic heterocycles. The molecule has 1 aromatic carbocycles. The molecule has 4 rings (SSSR count). The molecule has 144 valence electrons. The summed E-state index contributed by atoms with van der Waals surface area (Å²) >= 11 is 1.65. The molecule has 7 heteroatoms. The smallest absolute Gasteiger partial charge is 0.187 e. The van der Waals surface area contributed by atoms with Crippen molar-refractivity contribution in [1.29, 1.82) is 0 Å². The monoisotopic (exact) mass is 387 g/mol. The van der Waals surface area contributed by atoms with Crippen molar-refractivity contribution in [3.63, 3.8) is 0 Å². The highest BCUT2D eigenvalue weighted by molar-refractivity contribution is 7.99.